The number of fused-ring (bicyclic) bond motifs is 2. The van der Waals surface area contributed by atoms with E-state index >= 15 is 4.39 Å². The molecule has 1 saturated carbocycles. The van der Waals surface area contributed by atoms with E-state index in [0.29, 0.717) is 54.3 Å². The van der Waals surface area contributed by atoms with Gasteiger partial charge in [0.25, 0.3) is 0 Å². The first-order chi connectivity index (χ1) is 18.4. The van der Waals surface area contributed by atoms with E-state index in [1.165, 1.54) is 18.9 Å². The van der Waals surface area contributed by atoms with Gasteiger partial charge < -0.3 is 14.6 Å². The number of ether oxygens (including phenoxy) is 2. The summed E-state index contributed by atoms with van der Waals surface area (Å²) in [6.07, 6.45) is 7.83. The summed E-state index contributed by atoms with van der Waals surface area (Å²) in [6.45, 7) is 2.72. The minimum Gasteiger partial charge on any atom is -0.489 e. The summed E-state index contributed by atoms with van der Waals surface area (Å²) in [4.78, 5) is 13.4. The van der Waals surface area contributed by atoms with Crippen LogP contribution in [-0.2, 0) is 11.4 Å². The number of rotatable bonds is 7. The number of piperidine rings is 1. The number of aromatic nitrogens is 2. The van der Waals surface area contributed by atoms with Gasteiger partial charge in [-0.2, -0.15) is 5.10 Å². The third-order valence-corrected chi connectivity index (χ3v) is 8.27. The molecular formula is C29H31ClFN3O4. The number of hydrogen-bond donors (Lipinski definition) is 1. The molecule has 1 aromatic heterocycles. The molecule has 0 radical (unpaired) electrons. The topological polar surface area (TPSA) is 76.8 Å². The lowest BCUT2D eigenvalue weighted by molar-refractivity contribution is -0.143. The Bertz CT molecular complexity index is 1390. The third-order valence-electron chi connectivity index (χ3n) is 7.99. The van der Waals surface area contributed by atoms with E-state index in [4.69, 9.17) is 21.1 Å². The minimum absolute atomic E-state index is 0.270. The number of nitrogens with zero attached hydrogens (tertiary/aromatic N) is 3. The van der Waals surface area contributed by atoms with Gasteiger partial charge in [0.2, 0.25) is 0 Å². The van der Waals surface area contributed by atoms with Crippen LogP contribution in [-0.4, -0.2) is 52.0 Å². The van der Waals surface area contributed by atoms with Gasteiger partial charge in [-0.15, -0.1) is 0 Å². The maximum Gasteiger partial charge on any atom is 0.306 e. The quantitative estimate of drug-likeness (QED) is 0.391. The van der Waals surface area contributed by atoms with Crippen molar-refractivity contribution in [2.24, 2.45) is 5.92 Å². The summed E-state index contributed by atoms with van der Waals surface area (Å²) in [5.41, 5.74) is 3.36. The first-order valence-electron chi connectivity index (χ1n) is 13.3. The molecule has 1 saturated heterocycles. The SMILES string of the molecule is O=C(O)C1CCN(CC2=Cc3c(F)cc(OCc4ccc5c(c4)c(Cl)nn5C4CCCC4)cc3OC2)CC1. The average Bonchev–Trinajstić information content (AvgIpc) is 3.56. The molecule has 2 aromatic carbocycles. The minimum atomic E-state index is -0.723. The van der Waals surface area contributed by atoms with Crippen LogP contribution in [0.1, 0.15) is 55.7 Å². The molecule has 6 rings (SSSR count). The first kappa shape index (κ1) is 25.2. The van der Waals surface area contributed by atoms with Crippen LogP contribution < -0.4 is 9.47 Å². The fraction of sp³-hybridized carbons (Fsp3) is 0.448. The fourth-order valence-electron chi connectivity index (χ4n) is 5.88. The highest BCUT2D eigenvalue weighted by atomic mass is 35.5. The van der Waals surface area contributed by atoms with E-state index in [0.717, 1.165) is 48.0 Å². The molecule has 0 bridgehead atoms. The molecule has 2 aliphatic heterocycles. The van der Waals surface area contributed by atoms with Crippen LogP contribution in [0.15, 0.2) is 35.9 Å². The van der Waals surface area contributed by atoms with Crippen molar-refractivity contribution < 1.29 is 23.8 Å². The zero-order valence-electron chi connectivity index (χ0n) is 21.2. The van der Waals surface area contributed by atoms with E-state index < -0.39 is 11.8 Å². The molecule has 0 unspecified atom stereocenters. The second-order valence-corrected chi connectivity index (χ2v) is 11.0. The first-order valence-corrected chi connectivity index (χ1v) is 13.7. The zero-order valence-corrected chi connectivity index (χ0v) is 21.9. The molecule has 200 valence electrons. The van der Waals surface area contributed by atoms with Gasteiger partial charge in [0.1, 0.15) is 30.5 Å². The van der Waals surface area contributed by atoms with Crippen LogP contribution in [0.4, 0.5) is 4.39 Å². The van der Waals surface area contributed by atoms with E-state index in [9.17, 15) is 9.90 Å². The Hall–Kier alpha value is -3.10. The number of likely N-dealkylation sites (tertiary alicyclic amines) is 1. The molecule has 1 aliphatic carbocycles. The van der Waals surface area contributed by atoms with Crippen LogP contribution in [0.5, 0.6) is 11.5 Å². The van der Waals surface area contributed by atoms with Crippen molar-refractivity contribution in [3.05, 3.63) is 58.0 Å². The van der Waals surface area contributed by atoms with Crippen LogP contribution in [0.3, 0.4) is 0 Å². The molecule has 7 nitrogen and oxygen atoms in total. The summed E-state index contributed by atoms with van der Waals surface area (Å²) in [5, 5.41) is 15.2. The van der Waals surface area contributed by atoms with Crippen molar-refractivity contribution in [1.82, 2.24) is 14.7 Å². The Balaban J connectivity index is 1.11. The maximum atomic E-state index is 15.0. The summed E-state index contributed by atoms with van der Waals surface area (Å²) < 4.78 is 29.0. The monoisotopic (exact) mass is 539 g/mol. The van der Waals surface area contributed by atoms with Gasteiger partial charge in [0.15, 0.2) is 5.15 Å². The van der Waals surface area contributed by atoms with Gasteiger partial charge in [0.05, 0.1) is 23.0 Å². The lowest BCUT2D eigenvalue weighted by atomic mass is 9.96. The molecule has 38 heavy (non-hydrogen) atoms. The van der Waals surface area contributed by atoms with Gasteiger partial charge in [-0.3, -0.25) is 14.4 Å². The molecule has 0 atom stereocenters. The van der Waals surface area contributed by atoms with Crippen molar-refractivity contribution in [3.63, 3.8) is 0 Å². The average molecular weight is 540 g/mol. The van der Waals surface area contributed by atoms with Crippen LogP contribution in [0.2, 0.25) is 5.15 Å². The standard InChI is InChI=1S/C29H31ClFN3O4/c30-28-24-11-18(5-6-26(24)34(32-28)21-3-1-2-4-21)16-37-22-13-25(31)23-12-19(17-38-27(23)14-22)15-33-9-7-20(8-10-33)29(35)36/h5-6,11-14,20-21H,1-4,7-10,15-17H2,(H,35,36). The molecule has 3 heterocycles. The van der Waals surface area contributed by atoms with Gasteiger partial charge in [-0.05, 0) is 68.1 Å². The highest BCUT2D eigenvalue weighted by Gasteiger charge is 2.26. The second kappa shape index (κ2) is 10.6. The Labute approximate surface area is 225 Å². The lowest BCUT2D eigenvalue weighted by Gasteiger charge is -2.31. The molecule has 0 spiro atoms. The van der Waals surface area contributed by atoms with Gasteiger partial charge in [-0.25, -0.2) is 4.39 Å². The van der Waals surface area contributed by atoms with Gasteiger partial charge >= 0.3 is 5.97 Å². The number of halogens is 2. The van der Waals surface area contributed by atoms with Crippen LogP contribution >= 0.6 is 11.6 Å². The van der Waals surface area contributed by atoms with E-state index in [1.807, 2.05) is 24.3 Å². The zero-order chi connectivity index (χ0) is 26.2. The number of carboxylic acids is 1. The van der Waals surface area contributed by atoms with Crippen molar-refractivity contribution in [1.29, 1.82) is 0 Å². The van der Waals surface area contributed by atoms with E-state index in [2.05, 4.69) is 14.7 Å². The smallest absolute Gasteiger partial charge is 0.306 e. The number of benzene rings is 2. The van der Waals surface area contributed by atoms with Crippen molar-refractivity contribution in [3.8, 4) is 11.5 Å². The van der Waals surface area contributed by atoms with E-state index in [1.54, 1.807) is 6.07 Å². The summed E-state index contributed by atoms with van der Waals surface area (Å²) >= 11 is 6.47. The summed E-state index contributed by atoms with van der Waals surface area (Å²) in [5.74, 6) is -0.520. The summed E-state index contributed by atoms with van der Waals surface area (Å²) in [7, 11) is 0. The number of hydrogen-bond acceptors (Lipinski definition) is 5. The third kappa shape index (κ3) is 5.12. The van der Waals surface area contributed by atoms with Crippen LogP contribution in [0.25, 0.3) is 17.0 Å². The molecule has 2 fully saturated rings. The number of carbonyl (C=O) groups is 1. The Morgan fingerprint density at radius 3 is 2.71 bits per heavy atom. The predicted octanol–water partition coefficient (Wildman–Crippen LogP) is 6.10. The Kier molecular flexibility index (Phi) is 7.01. The van der Waals surface area contributed by atoms with Crippen molar-refractivity contribution >= 4 is 34.5 Å². The highest BCUT2D eigenvalue weighted by Crippen LogP contribution is 2.36. The van der Waals surface area contributed by atoms with Crippen LogP contribution in [0, 0.1) is 11.7 Å². The molecule has 3 aromatic rings. The molecule has 0 amide bonds. The largest absolute Gasteiger partial charge is 0.489 e. The molecule has 1 N–H and O–H groups in total. The predicted molar refractivity (Wildman–Crippen MR) is 143 cm³/mol. The van der Waals surface area contributed by atoms with Crippen molar-refractivity contribution in [2.45, 2.75) is 51.2 Å². The van der Waals surface area contributed by atoms with Crippen molar-refractivity contribution in [2.75, 3.05) is 26.2 Å². The Morgan fingerprint density at radius 1 is 1.16 bits per heavy atom. The van der Waals surface area contributed by atoms with Gasteiger partial charge in [-0.1, -0.05) is 30.5 Å². The molecule has 3 aliphatic rings. The fourth-order valence-corrected chi connectivity index (χ4v) is 6.11. The highest BCUT2D eigenvalue weighted by molar-refractivity contribution is 6.34. The molecular weight excluding hydrogens is 509 g/mol. The normalized spacial score (nSPS) is 18.8. The summed E-state index contributed by atoms with van der Waals surface area (Å²) in [6, 6.07) is 9.57. The van der Waals surface area contributed by atoms with E-state index in [-0.39, 0.29) is 12.5 Å². The van der Waals surface area contributed by atoms with Gasteiger partial charge in [0, 0.05) is 24.1 Å². The molecule has 9 heteroatoms. The lowest BCUT2D eigenvalue weighted by Crippen LogP contribution is -2.38. The Morgan fingerprint density at radius 2 is 1.95 bits per heavy atom. The second-order valence-electron chi connectivity index (χ2n) is 10.6. The number of aliphatic carboxylic acids is 1. The number of carboxylic acid groups (broad SMARTS) is 1. The maximum absolute atomic E-state index is 15.0.